The van der Waals surface area contributed by atoms with Crippen molar-refractivity contribution in [2.75, 3.05) is 32.6 Å². The van der Waals surface area contributed by atoms with E-state index in [-0.39, 0.29) is 5.56 Å². The number of H-pyrrole nitrogens is 1. The summed E-state index contributed by atoms with van der Waals surface area (Å²) >= 11 is 0. The molecule has 0 bridgehead atoms. The molecule has 1 aliphatic heterocycles. The van der Waals surface area contributed by atoms with Crippen LogP contribution in [0.15, 0.2) is 53.7 Å². The summed E-state index contributed by atoms with van der Waals surface area (Å²) in [5.41, 5.74) is 4.41. The van der Waals surface area contributed by atoms with Gasteiger partial charge in [0, 0.05) is 24.3 Å². The number of ether oxygens (including phenoxy) is 1. The molecule has 0 amide bonds. The van der Waals surface area contributed by atoms with Crippen molar-refractivity contribution in [2.24, 2.45) is 0 Å². The van der Waals surface area contributed by atoms with E-state index in [1.165, 1.54) is 24.0 Å². The molecule has 4 heterocycles. The number of nitrogens with zero attached hydrogens (tertiary/aromatic N) is 4. The predicted octanol–water partition coefficient (Wildman–Crippen LogP) is 4.25. The number of aryl methyl sites for hydroxylation is 1. The SMILES string of the molecule is COc1nccnc1-c1cc2cc[nH]c(=O)c2c(Nc2ccc(C3CCN(C)CC3)c(C)c2)n1. The van der Waals surface area contributed by atoms with Gasteiger partial charge in [-0.25, -0.2) is 15.0 Å². The van der Waals surface area contributed by atoms with Gasteiger partial charge in [0.25, 0.3) is 5.56 Å². The molecular formula is C26H28N6O2. The number of benzene rings is 1. The Morgan fingerprint density at radius 3 is 2.68 bits per heavy atom. The van der Waals surface area contributed by atoms with Gasteiger partial charge in [0.05, 0.1) is 18.2 Å². The van der Waals surface area contributed by atoms with E-state index in [9.17, 15) is 4.79 Å². The van der Waals surface area contributed by atoms with Crippen LogP contribution >= 0.6 is 0 Å². The van der Waals surface area contributed by atoms with E-state index in [1.54, 1.807) is 25.7 Å². The lowest BCUT2D eigenvalue weighted by Gasteiger charge is -2.30. The molecule has 5 rings (SSSR count). The molecule has 8 heteroatoms. The van der Waals surface area contributed by atoms with E-state index in [0.717, 1.165) is 24.2 Å². The Morgan fingerprint density at radius 1 is 1.12 bits per heavy atom. The summed E-state index contributed by atoms with van der Waals surface area (Å²) in [7, 11) is 3.73. The van der Waals surface area contributed by atoms with E-state index in [4.69, 9.17) is 9.72 Å². The minimum Gasteiger partial charge on any atom is -0.479 e. The Morgan fingerprint density at radius 2 is 1.91 bits per heavy atom. The minimum atomic E-state index is -0.204. The maximum absolute atomic E-state index is 12.7. The number of rotatable bonds is 5. The fourth-order valence-corrected chi connectivity index (χ4v) is 4.74. The summed E-state index contributed by atoms with van der Waals surface area (Å²) in [5.74, 6) is 1.43. The predicted molar refractivity (Wildman–Crippen MR) is 134 cm³/mol. The van der Waals surface area contributed by atoms with Gasteiger partial charge in [-0.2, -0.15) is 0 Å². The van der Waals surface area contributed by atoms with Crippen molar-refractivity contribution in [3.05, 3.63) is 70.4 Å². The molecule has 1 aromatic carbocycles. The monoisotopic (exact) mass is 456 g/mol. The molecule has 2 N–H and O–H groups in total. The number of nitrogens with one attached hydrogen (secondary N) is 2. The molecule has 1 fully saturated rings. The average Bonchev–Trinajstić information content (AvgIpc) is 2.85. The van der Waals surface area contributed by atoms with Gasteiger partial charge in [0.15, 0.2) is 5.69 Å². The van der Waals surface area contributed by atoms with E-state index in [0.29, 0.717) is 34.4 Å². The molecule has 8 nitrogen and oxygen atoms in total. The van der Waals surface area contributed by atoms with Crippen molar-refractivity contribution >= 4 is 22.3 Å². The number of likely N-dealkylation sites (tertiary alicyclic amines) is 1. The van der Waals surface area contributed by atoms with Gasteiger partial charge in [-0.15, -0.1) is 0 Å². The zero-order valence-electron chi connectivity index (χ0n) is 19.6. The van der Waals surface area contributed by atoms with Crippen LogP contribution in [-0.2, 0) is 0 Å². The molecule has 174 valence electrons. The molecule has 0 unspecified atom stereocenters. The molecule has 0 atom stereocenters. The van der Waals surface area contributed by atoms with Crippen LogP contribution in [0.1, 0.15) is 29.9 Å². The summed E-state index contributed by atoms with van der Waals surface area (Å²) in [6, 6.07) is 10.1. The third kappa shape index (κ3) is 4.24. The number of aromatic amines is 1. The van der Waals surface area contributed by atoms with Crippen molar-refractivity contribution < 1.29 is 4.74 Å². The molecule has 34 heavy (non-hydrogen) atoms. The molecule has 3 aromatic heterocycles. The topological polar surface area (TPSA) is 96.0 Å². The maximum atomic E-state index is 12.7. The first-order valence-electron chi connectivity index (χ1n) is 11.5. The number of hydrogen-bond donors (Lipinski definition) is 2. The summed E-state index contributed by atoms with van der Waals surface area (Å²) in [6.45, 7) is 4.40. The van der Waals surface area contributed by atoms with Crippen LogP contribution in [-0.4, -0.2) is 52.1 Å². The largest absolute Gasteiger partial charge is 0.479 e. The van der Waals surface area contributed by atoms with Gasteiger partial charge >= 0.3 is 0 Å². The van der Waals surface area contributed by atoms with Crippen LogP contribution in [0.4, 0.5) is 11.5 Å². The fraction of sp³-hybridized carbons (Fsp3) is 0.308. The first-order chi connectivity index (χ1) is 16.5. The van der Waals surface area contributed by atoms with Crippen molar-refractivity contribution in [1.82, 2.24) is 24.8 Å². The van der Waals surface area contributed by atoms with Crippen molar-refractivity contribution in [3.63, 3.8) is 0 Å². The molecule has 0 radical (unpaired) electrons. The highest BCUT2D eigenvalue weighted by Crippen LogP contribution is 2.33. The van der Waals surface area contributed by atoms with Crippen LogP contribution < -0.4 is 15.6 Å². The number of fused-ring (bicyclic) bond motifs is 1. The number of methoxy groups -OCH3 is 1. The number of aromatic nitrogens is 4. The zero-order valence-corrected chi connectivity index (χ0v) is 19.6. The second-order valence-corrected chi connectivity index (χ2v) is 8.82. The van der Waals surface area contributed by atoms with Crippen LogP contribution in [0.25, 0.3) is 22.2 Å². The minimum absolute atomic E-state index is 0.204. The van der Waals surface area contributed by atoms with Crippen LogP contribution in [0.5, 0.6) is 5.88 Å². The van der Waals surface area contributed by atoms with Gasteiger partial charge in [0.1, 0.15) is 5.82 Å². The van der Waals surface area contributed by atoms with E-state index >= 15 is 0 Å². The molecule has 1 saturated heterocycles. The summed E-state index contributed by atoms with van der Waals surface area (Å²) in [6.07, 6.45) is 7.15. The molecule has 0 saturated carbocycles. The van der Waals surface area contributed by atoms with Crippen molar-refractivity contribution in [2.45, 2.75) is 25.7 Å². The van der Waals surface area contributed by atoms with Gasteiger partial charge in [-0.1, -0.05) is 6.07 Å². The average molecular weight is 457 g/mol. The molecule has 0 spiro atoms. The highest BCUT2D eigenvalue weighted by molar-refractivity contribution is 5.95. The van der Waals surface area contributed by atoms with Gasteiger partial charge in [-0.3, -0.25) is 4.79 Å². The lowest BCUT2D eigenvalue weighted by molar-refractivity contribution is 0.255. The fourth-order valence-electron chi connectivity index (χ4n) is 4.74. The van der Waals surface area contributed by atoms with E-state index in [2.05, 4.69) is 57.3 Å². The molecule has 0 aliphatic carbocycles. The van der Waals surface area contributed by atoms with Crippen LogP contribution in [0.3, 0.4) is 0 Å². The molecule has 4 aromatic rings. The van der Waals surface area contributed by atoms with Crippen molar-refractivity contribution in [1.29, 1.82) is 0 Å². The second kappa shape index (κ2) is 9.23. The first-order valence-corrected chi connectivity index (χ1v) is 11.5. The number of anilines is 2. The Kier molecular flexibility index (Phi) is 5.98. The lowest BCUT2D eigenvalue weighted by atomic mass is 9.87. The summed E-state index contributed by atoms with van der Waals surface area (Å²) in [5, 5.41) is 4.63. The van der Waals surface area contributed by atoms with Gasteiger partial charge in [-0.05, 0) is 86.6 Å². The summed E-state index contributed by atoms with van der Waals surface area (Å²) < 4.78 is 5.38. The zero-order chi connectivity index (χ0) is 23.7. The van der Waals surface area contributed by atoms with Gasteiger partial charge < -0.3 is 19.9 Å². The molecule has 1 aliphatic rings. The number of hydrogen-bond acceptors (Lipinski definition) is 7. The van der Waals surface area contributed by atoms with E-state index in [1.807, 2.05) is 12.1 Å². The highest BCUT2D eigenvalue weighted by atomic mass is 16.5. The standard InChI is InChI=1S/C26H28N6O2/c1-16-14-19(4-5-20(16)17-7-12-32(2)13-8-17)30-24-22-18(6-9-28-25(22)33)15-21(31-24)23-26(34-3)29-11-10-27-23/h4-6,9-11,14-15,17H,7-8,12-13H2,1-3H3,(H,28,33)(H,30,31). The molecular weight excluding hydrogens is 428 g/mol. The Labute approximate surface area is 198 Å². The van der Waals surface area contributed by atoms with Crippen LogP contribution in [0.2, 0.25) is 0 Å². The quantitative estimate of drug-likeness (QED) is 0.463. The first kappa shape index (κ1) is 22.0. The van der Waals surface area contributed by atoms with E-state index < -0.39 is 0 Å². The van der Waals surface area contributed by atoms with Crippen LogP contribution in [0, 0.1) is 6.92 Å². The highest BCUT2D eigenvalue weighted by Gasteiger charge is 2.20. The third-order valence-corrected chi connectivity index (χ3v) is 6.55. The number of pyridine rings is 2. The summed E-state index contributed by atoms with van der Waals surface area (Å²) in [4.78, 5) is 31.3. The Bertz CT molecular complexity index is 1390. The Hall–Kier alpha value is -3.78. The van der Waals surface area contributed by atoms with Crippen molar-refractivity contribution in [3.8, 4) is 17.3 Å². The third-order valence-electron chi connectivity index (χ3n) is 6.55. The Balaban J connectivity index is 1.54. The van der Waals surface area contributed by atoms with Gasteiger partial charge in [0.2, 0.25) is 5.88 Å². The maximum Gasteiger partial charge on any atom is 0.259 e. The lowest BCUT2D eigenvalue weighted by Crippen LogP contribution is -2.29. The second-order valence-electron chi connectivity index (χ2n) is 8.82. The smallest absolute Gasteiger partial charge is 0.259 e. The number of piperidine rings is 1. The normalized spacial score (nSPS) is 14.9.